The van der Waals surface area contributed by atoms with E-state index in [4.69, 9.17) is 4.74 Å². The van der Waals surface area contributed by atoms with E-state index >= 15 is 0 Å². The van der Waals surface area contributed by atoms with Gasteiger partial charge in [-0.05, 0) is 107 Å². The lowest BCUT2D eigenvalue weighted by atomic mass is 9.61. The Bertz CT molecular complexity index is 3100. The molecule has 13 rings (SSSR count). The van der Waals surface area contributed by atoms with Crippen LogP contribution in [0.5, 0.6) is 11.5 Å². The van der Waals surface area contributed by atoms with Crippen LogP contribution in [-0.2, 0) is 10.8 Å². The fourth-order valence-corrected chi connectivity index (χ4v) is 11.2. The van der Waals surface area contributed by atoms with Crippen molar-refractivity contribution in [3.63, 3.8) is 0 Å². The zero-order chi connectivity index (χ0) is 35.9. The molecule has 55 heavy (non-hydrogen) atoms. The molecule has 0 saturated heterocycles. The minimum absolute atomic E-state index is 0.423. The smallest absolute Gasteiger partial charge is 0.132 e. The van der Waals surface area contributed by atoms with E-state index in [0.29, 0.717) is 0 Å². The van der Waals surface area contributed by atoms with Crippen molar-refractivity contribution in [2.24, 2.45) is 0 Å². The number of benzene rings is 9. The van der Waals surface area contributed by atoms with Gasteiger partial charge in [0.1, 0.15) is 11.5 Å². The van der Waals surface area contributed by atoms with Gasteiger partial charge in [0, 0.05) is 11.1 Å². The van der Waals surface area contributed by atoms with E-state index in [2.05, 4.69) is 194 Å². The molecule has 0 fully saturated rings. The summed E-state index contributed by atoms with van der Waals surface area (Å²) in [6.07, 6.45) is 0. The molecule has 0 saturated carbocycles. The Kier molecular flexibility index (Phi) is 5.56. The van der Waals surface area contributed by atoms with E-state index in [-0.39, 0.29) is 0 Å². The van der Waals surface area contributed by atoms with E-state index in [1.54, 1.807) is 0 Å². The summed E-state index contributed by atoms with van der Waals surface area (Å²) < 4.78 is 6.90. The van der Waals surface area contributed by atoms with Crippen LogP contribution in [0.1, 0.15) is 44.5 Å². The second kappa shape index (κ2) is 10.4. The maximum atomic E-state index is 6.90. The first-order chi connectivity index (χ1) is 27.3. The second-order valence-electron chi connectivity index (χ2n) is 15.5. The van der Waals surface area contributed by atoms with Gasteiger partial charge < -0.3 is 4.74 Å². The molecular weight excluding hydrogens is 665 g/mol. The molecule has 4 aliphatic rings. The summed E-state index contributed by atoms with van der Waals surface area (Å²) in [5.74, 6) is 1.82. The van der Waals surface area contributed by atoms with Crippen molar-refractivity contribution in [2.75, 3.05) is 0 Å². The van der Waals surface area contributed by atoms with Crippen LogP contribution in [0.2, 0.25) is 0 Å². The molecule has 2 spiro atoms. The quantitative estimate of drug-likeness (QED) is 0.166. The third-order valence-electron chi connectivity index (χ3n) is 13.2. The molecule has 9 aromatic carbocycles. The van der Waals surface area contributed by atoms with Gasteiger partial charge in [-0.1, -0.05) is 176 Å². The van der Waals surface area contributed by atoms with Crippen molar-refractivity contribution in [1.29, 1.82) is 0 Å². The topological polar surface area (TPSA) is 9.23 Å². The number of para-hydroxylation sites is 1. The molecule has 3 aliphatic carbocycles. The highest BCUT2D eigenvalue weighted by molar-refractivity contribution is 6.07. The first-order valence-electron chi connectivity index (χ1n) is 19.3. The van der Waals surface area contributed by atoms with Crippen molar-refractivity contribution in [3.05, 3.63) is 239 Å². The summed E-state index contributed by atoms with van der Waals surface area (Å²) in [5.41, 5.74) is 19.6. The van der Waals surface area contributed by atoms with E-state index in [9.17, 15) is 0 Å². The van der Waals surface area contributed by atoms with Gasteiger partial charge in [-0.3, -0.25) is 0 Å². The van der Waals surface area contributed by atoms with Gasteiger partial charge in [0.2, 0.25) is 0 Å². The van der Waals surface area contributed by atoms with Crippen LogP contribution < -0.4 is 4.74 Å². The van der Waals surface area contributed by atoms with Gasteiger partial charge in [-0.2, -0.15) is 0 Å². The van der Waals surface area contributed by atoms with Gasteiger partial charge in [0.15, 0.2) is 0 Å². The first kappa shape index (κ1) is 29.5. The van der Waals surface area contributed by atoms with Crippen LogP contribution in [-0.4, -0.2) is 0 Å². The van der Waals surface area contributed by atoms with Crippen LogP contribution in [0.4, 0.5) is 0 Å². The molecule has 1 nitrogen and oxygen atoms in total. The monoisotopic (exact) mass is 696 g/mol. The van der Waals surface area contributed by atoms with Gasteiger partial charge in [-0.25, -0.2) is 0 Å². The van der Waals surface area contributed by atoms with E-state index in [0.717, 1.165) is 17.1 Å². The summed E-state index contributed by atoms with van der Waals surface area (Å²) in [6.45, 7) is 0. The summed E-state index contributed by atoms with van der Waals surface area (Å²) in [7, 11) is 0. The summed E-state index contributed by atoms with van der Waals surface area (Å²) in [4.78, 5) is 0. The maximum absolute atomic E-state index is 6.90. The molecule has 1 atom stereocenters. The molecule has 0 radical (unpaired) electrons. The number of fused-ring (bicyclic) bond motifs is 18. The lowest BCUT2D eigenvalue weighted by Gasteiger charge is -2.40. The standard InChI is InChI=1S/C54H32O/c1-5-20-42-36(15-1)37-16-2-6-21-43(37)54(42)47-24-9-10-26-50(47)55-51-32-35(28-30-48(51)54)34-27-29-46-41(31-34)39-18-4-8-23-45(39)53(46)44-22-7-3-17-38(44)40-19-11-13-33-14-12-25-49(53)52(33)40/h1-32H. The molecule has 1 aliphatic heterocycles. The van der Waals surface area contributed by atoms with Gasteiger partial charge >= 0.3 is 0 Å². The Labute approximate surface area is 319 Å². The second-order valence-corrected chi connectivity index (χ2v) is 15.5. The Morgan fingerprint density at radius 3 is 1.35 bits per heavy atom. The zero-order valence-electron chi connectivity index (χ0n) is 29.9. The Morgan fingerprint density at radius 2 is 0.691 bits per heavy atom. The van der Waals surface area contributed by atoms with Crippen LogP contribution >= 0.6 is 0 Å². The average Bonchev–Trinajstić information content (AvgIpc) is 3.71. The van der Waals surface area contributed by atoms with E-state index in [1.807, 2.05) is 0 Å². The molecule has 1 heteroatoms. The molecule has 1 heterocycles. The van der Waals surface area contributed by atoms with Crippen molar-refractivity contribution in [1.82, 2.24) is 0 Å². The van der Waals surface area contributed by atoms with E-state index in [1.165, 1.54) is 94.2 Å². The number of hydrogen-bond acceptors (Lipinski definition) is 1. The number of rotatable bonds is 1. The zero-order valence-corrected chi connectivity index (χ0v) is 29.9. The Balaban J connectivity index is 1.04. The lowest BCUT2D eigenvalue weighted by Crippen LogP contribution is -2.32. The highest BCUT2D eigenvalue weighted by atomic mass is 16.5. The summed E-state index contributed by atoms with van der Waals surface area (Å²) in [6, 6.07) is 72.3. The SMILES string of the molecule is c1ccc2c(c1)Oc1cc(-c3ccc4c(c3)-c3ccccc3C43c4ccccc4-c4cccc5cccc3c45)ccc1C21c2ccccc2-c2ccccc21. The Hall–Kier alpha value is -6.96. The fourth-order valence-electron chi connectivity index (χ4n) is 11.2. The Morgan fingerprint density at radius 1 is 0.273 bits per heavy atom. The van der Waals surface area contributed by atoms with Gasteiger partial charge in [0.25, 0.3) is 0 Å². The molecule has 0 amide bonds. The lowest BCUT2D eigenvalue weighted by molar-refractivity contribution is 0.436. The predicted molar refractivity (Wildman–Crippen MR) is 223 cm³/mol. The van der Waals surface area contributed by atoms with Gasteiger partial charge in [0.05, 0.1) is 10.8 Å². The predicted octanol–water partition coefficient (Wildman–Crippen LogP) is 13.3. The fraction of sp³-hybridized carbons (Fsp3) is 0.0370. The number of hydrogen-bond donors (Lipinski definition) is 0. The largest absolute Gasteiger partial charge is 0.457 e. The third-order valence-corrected chi connectivity index (χ3v) is 13.2. The summed E-state index contributed by atoms with van der Waals surface area (Å²) in [5, 5.41) is 2.64. The molecule has 0 N–H and O–H groups in total. The molecule has 0 aromatic heterocycles. The normalized spacial score (nSPS) is 16.7. The average molecular weight is 697 g/mol. The van der Waals surface area contributed by atoms with Gasteiger partial charge in [-0.15, -0.1) is 0 Å². The van der Waals surface area contributed by atoms with Crippen LogP contribution in [0, 0.1) is 0 Å². The van der Waals surface area contributed by atoms with Crippen molar-refractivity contribution >= 4 is 10.8 Å². The minimum Gasteiger partial charge on any atom is -0.457 e. The highest BCUT2D eigenvalue weighted by Gasteiger charge is 2.52. The summed E-state index contributed by atoms with van der Waals surface area (Å²) >= 11 is 0. The number of ether oxygens (including phenoxy) is 1. The minimum atomic E-state index is -0.467. The van der Waals surface area contributed by atoms with Crippen LogP contribution in [0.3, 0.4) is 0 Å². The molecule has 1 unspecified atom stereocenters. The molecule has 9 aromatic rings. The van der Waals surface area contributed by atoms with E-state index < -0.39 is 10.8 Å². The van der Waals surface area contributed by atoms with Crippen LogP contribution in [0.15, 0.2) is 194 Å². The van der Waals surface area contributed by atoms with Crippen molar-refractivity contribution in [2.45, 2.75) is 10.8 Å². The van der Waals surface area contributed by atoms with Crippen molar-refractivity contribution in [3.8, 4) is 56.0 Å². The maximum Gasteiger partial charge on any atom is 0.132 e. The van der Waals surface area contributed by atoms with Crippen molar-refractivity contribution < 1.29 is 4.74 Å². The molecular formula is C54H32O. The highest BCUT2D eigenvalue weighted by Crippen LogP contribution is 2.64. The first-order valence-corrected chi connectivity index (χ1v) is 19.3. The van der Waals surface area contributed by atoms with Crippen LogP contribution in [0.25, 0.3) is 55.3 Å². The molecule has 254 valence electrons. The molecule has 0 bridgehead atoms. The third kappa shape index (κ3) is 3.46.